The summed E-state index contributed by atoms with van der Waals surface area (Å²) in [6, 6.07) is 9.36. The lowest BCUT2D eigenvalue weighted by molar-refractivity contribution is -0.122. The van der Waals surface area contributed by atoms with Crippen LogP contribution < -0.4 is 0 Å². The van der Waals surface area contributed by atoms with Gasteiger partial charge in [0, 0.05) is 19.1 Å². The molecule has 1 unspecified atom stereocenters. The van der Waals surface area contributed by atoms with Crippen LogP contribution in [0.5, 0.6) is 0 Å². The summed E-state index contributed by atoms with van der Waals surface area (Å²) < 4.78 is 10.5. The van der Waals surface area contributed by atoms with E-state index in [0.717, 1.165) is 11.8 Å². The van der Waals surface area contributed by atoms with Crippen molar-refractivity contribution in [3.05, 3.63) is 53.5 Å². The Morgan fingerprint density at radius 2 is 1.95 bits per heavy atom. The van der Waals surface area contributed by atoms with Crippen molar-refractivity contribution in [3.8, 4) is 0 Å². The number of hydrogen-bond donors (Lipinski definition) is 1. The molecule has 0 amide bonds. The van der Waals surface area contributed by atoms with E-state index in [4.69, 9.17) is 9.47 Å². The number of rotatable bonds is 4. The fourth-order valence-corrected chi connectivity index (χ4v) is 2.22. The first-order chi connectivity index (χ1) is 9.16. The van der Waals surface area contributed by atoms with Crippen LogP contribution in [0.15, 0.2) is 47.9 Å². The van der Waals surface area contributed by atoms with Crippen LogP contribution in [0.2, 0.25) is 0 Å². The topological polar surface area (TPSA) is 55.8 Å². The zero-order valence-corrected chi connectivity index (χ0v) is 10.9. The highest BCUT2D eigenvalue weighted by molar-refractivity contribution is 5.91. The highest BCUT2D eigenvalue weighted by Gasteiger charge is 2.40. The van der Waals surface area contributed by atoms with Crippen molar-refractivity contribution < 1.29 is 19.4 Å². The van der Waals surface area contributed by atoms with Gasteiger partial charge in [0.2, 0.25) is 0 Å². The van der Waals surface area contributed by atoms with Gasteiger partial charge in [0.25, 0.3) is 0 Å². The number of aliphatic hydroxyl groups is 1. The van der Waals surface area contributed by atoms with Crippen LogP contribution >= 0.6 is 0 Å². The van der Waals surface area contributed by atoms with Crippen molar-refractivity contribution >= 4 is 11.9 Å². The predicted octanol–water partition coefficient (Wildman–Crippen LogP) is 2.47. The summed E-state index contributed by atoms with van der Waals surface area (Å²) >= 11 is 0. The lowest BCUT2D eigenvalue weighted by Crippen LogP contribution is -2.37. The van der Waals surface area contributed by atoms with Gasteiger partial charge < -0.3 is 14.6 Å². The number of carbonyl (C=O) groups is 1. The number of allylic oxidation sites excluding steroid dienone is 1. The summed E-state index contributed by atoms with van der Waals surface area (Å²) in [4.78, 5) is 11.5. The van der Waals surface area contributed by atoms with E-state index >= 15 is 0 Å². The minimum absolute atomic E-state index is 0.0240. The van der Waals surface area contributed by atoms with Crippen LogP contribution in [0.3, 0.4) is 0 Å². The third kappa shape index (κ3) is 2.27. The van der Waals surface area contributed by atoms with Gasteiger partial charge in [0.1, 0.15) is 5.76 Å². The first kappa shape index (κ1) is 13.4. The molecule has 1 aliphatic rings. The van der Waals surface area contributed by atoms with Crippen molar-refractivity contribution in [1.29, 1.82) is 0 Å². The molecule has 1 aliphatic carbocycles. The molecule has 0 aliphatic heterocycles. The van der Waals surface area contributed by atoms with E-state index in [1.54, 1.807) is 0 Å². The van der Waals surface area contributed by atoms with Gasteiger partial charge in [-0.2, -0.15) is 0 Å². The van der Waals surface area contributed by atoms with Crippen LogP contribution in [0, 0.1) is 0 Å². The zero-order chi connectivity index (χ0) is 13.9. The molecule has 4 nitrogen and oxygen atoms in total. The van der Waals surface area contributed by atoms with E-state index in [9.17, 15) is 9.90 Å². The third-order valence-corrected chi connectivity index (χ3v) is 3.33. The quantitative estimate of drug-likeness (QED) is 0.845. The molecule has 1 atom stereocenters. The molecule has 4 heteroatoms. The van der Waals surface area contributed by atoms with Gasteiger partial charge in [0.15, 0.2) is 17.6 Å². The number of aldehydes is 1. The van der Waals surface area contributed by atoms with Crippen LogP contribution in [0.1, 0.15) is 12.0 Å². The Kier molecular flexibility index (Phi) is 3.71. The van der Waals surface area contributed by atoms with Crippen molar-refractivity contribution in [3.63, 3.8) is 0 Å². The van der Waals surface area contributed by atoms with E-state index < -0.39 is 5.60 Å². The SMILES string of the molecule is COC1=C(O)C=C(c2ccccc2)C(C=O)(OC)C1. The molecular weight excluding hydrogens is 244 g/mol. The summed E-state index contributed by atoms with van der Waals surface area (Å²) in [5, 5.41) is 9.93. The maximum absolute atomic E-state index is 11.5. The van der Waals surface area contributed by atoms with Gasteiger partial charge in [-0.15, -0.1) is 0 Å². The van der Waals surface area contributed by atoms with Gasteiger partial charge in [-0.3, -0.25) is 4.79 Å². The Morgan fingerprint density at radius 1 is 1.26 bits per heavy atom. The Labute approximate surface area is 112 Å². The van der Waals surface area contributed by atoms with Crippen molar-refractivity contribution in [1.82, 2.24) is 0 Å². The monoisotopic (exact) mass is 260 g/mol. The molecule has 1 aromatic carbocycles. The molecule has 100 valence electrons. The zero-order valence-electron chi connectivity index (χ0n) is 10.9. The second-order valence-electron chi connectivity index (χ2n) is 4.32. The van der Waals surface area contributed by atoms with Crippen LogP contribution in [-0.2, 0) is 14.3 Å². The van der Waals surface area contributed by atoms with E-state index in [1.807, 2.05) is 30.3 Å². The number of ether oxygens (including phenoxy) is 2. The fraction of sp³-hybridized carbons (Fsp3) is 0.267. The number of aliphatic hydroxyl groups excluding tert-OH is 1. The number of methoxy groups -OCH3 is 2. The molecule has 0 saturated carbocycles. The van der Waals surface area contributed by atoms with Gasteiger partial charge in [0.05, 0.1) is 7.11 Å². The summed E-state index contributed by atoms with van der Waals surface area (Å²) in [5.74, 6) is 0.365. The molecule has 0 bridgehead atoms. The molecule has 1 aromatic rings. The second kappa shape index (κ2) is 5.28. The lowest BCUT2D eigenvalue weighted by atomic mass is 9.82. The van der Waals surface area contributed by atoms with E-state index in [1.165, 1.54) is 20.3 Å². The first-order valence-corrected chi connectivity index (χ1v) is 5.92. The molecule has 2 rings (SSSR count). The van der Waals surface area contributed by atoms with Crippen LogP contribution in [0.4, 0.5) is 0 Å². The smallest absolute Gasteiger partial charge is 0.156 e. The third-order valence-electron chi connectivity index (χ3n) is 3.33. The van der Waals surface area contributed by atoms with E-state index in [-0.39, 0.29) is 12.2 Å². The van der Waals surface area contributed by atoms with Crippen LogP contribution in [-0.4, -0.2) is 31.2 Å². The molecule has 0 saturated heterocycles. The van der Waals surface area contributed by atoms with E-state index in [2.05, 4.69) is 0 Å². The number of hydrogen-bond acceptors (Lipinski definition) is 4. The van der Waals surface area contributed by atoms with Gasteiger partial charge in [-0.25, -0.2) is 0 Å². The van der Waals surface area contributed by atoms with Crippen molar-refractivity contribution in [2.45, 2.75) is 12.0 Å². The highest BCUT2D eigenvalue weighted by atomic mass is 16.5. The fourth-order valence-electron chi connectivity index (χ4n) is 2.22. The van der Waals surface area contributed by atoms with Gasteiger partial charge >= 0.3 is 0 Å². The molecule has 0 fully saturated rings. The predicted molar refractivity (Wildman–Crippen MR) is 71.5 cm³/mol. The maximum atomic E-state index is 11.5. The average molecular weight is 260 g/mol. The molecule has 1 N–H and O–H groups in total. The summed E-state index contributed by atoms with van der Waals surface area (Å²) in [7, 11) is 2.93. The normalized spacial score (nSPS) is 22.9. The van der Waals surface area contributed by atoms with E-state index in [0.29, 0.717) is 11.3 Å². The van der Waals surface area contributed by atoms with Crippen LogP contribution in [0.25, 0.3) is 5.57 Å². The standard InChI is InChI=1S/C15H16O4/c1-18-14-9-15(10-16,19-2)12(8-13(14)17)11-6-4-3-5-7-11/h3-8,10,17H,9H2,1-2H3. The summed E-state index contributed by atoms with van der Waals surface area (Å²) in [6.45, 7) is 0. The second-order valence-corrected chi connectivity index (χ2v) is 4.32. The molecule has 0 radical (unpaired) electrons. The lowest BCUT2D eigenvalue weighted by Gasteiger charge is -2.33. The molecule has 0 heterocycles. The Morgan fingerprint density at radius 3 is 2.47 bits per heavy atom. The maximum Gasteiger partial charge on any atom is 0.156 e. The van der Waals surface area contributed by atoms with Crippen molar-refractivity contribution in [2.75, 3.05) is 14.2 Å². The largest absolute Gasteiger partial charge is 0.504 e. The number of carbonyl (C=O) groups excluding carboxylic acids is 1. The minimum atomic E-state index is -1.13. The average Bonchev–Trinajstić information content (AvgIpc) is 2.48. The summed E-state index contributed by atoms with van der Waals surface area (Å²) in [6.07, 6.45) is 2.45. The molecule has 0 spiro atoms. The van der Waals surface area contributed by atoms with Gasteiger partial charge in [-0.05, 0) is 11.6 Å². The first-order valence-electron chi connectivity index (χ1n) is 5.92. The van der Waals surface area contributed by atoms with Gasteiger partial charge in [-0.1, -0.05) is 30.3 Å². The Hall–Kier alpha value is -2.07. The minimum Gasteiger partial charge on any atom is -0.504 e. The molecule has 0 aromatic heterocycles. The number of benzene rings is 1. The Bertz CT molecular complexity index is 530. The highest BCUT2D eigenvalue weighted by Crippen LogP contribution is 2.39. The summed E-state index contributed by atoms with van der Waals surface area (Å²) in [5.41, 5.74) is 0.334. The van der Waals surface area contributed by atoms with Crippen molar-refractivity contribution in [2.24, 2.45) is 0 Å². The molecular formula is C15H16O4. The molecule has 19 heavy (non-hydrogen) atoms. The Balaban J connectivity index is 2.58.